The predicted octanol–water partition coefficient (Wildman–Crippen LogP) is 7.88. The second-order valence-electron chi connectivity index (χ2n) is 19.4. The number of aliphatic hydroxyl groups is 8. The van der Waals surface area contributed by atoms with E-state index in [0.717, 1.165) is 64.2 Å². The number of nitrogens with one attached hydrogen (secondary N) is 1. The first-order valence-electron chi connectivity index (χ1n) is 27.2. The van der Waals surface area contributed by atoms with Crippen LogP contribution in [-0.4, -0.2) is 140 Å². The van der Waals surface area contributed by atoms with Crippen LogP contribution in [-0.2, 0) is 23.7 Å². The van der Waals surface area contributed by atoms with E-state index in [1.165, 1.54) is 116 Å². The van der Waals surface area contributed by atoms with Gasteiger partial charge in [0, 0.05) is 6.42 Å². The average Bonchev–Trinajstić information content (AvgIpc) is 3.34. The molecule has 0 aliphatic carbocycles. The first kappa shape index (κ1) is 62.3. The number of aliphatic hydroxyl groups excluding tert-OH is 8. The van der Waals surface area contributed by atoms with E-state index in [0.29, 0.717) is 6.42 Å². The Morgan fingerprint density at radius 2 is 0.971 bits per heavy atom. The maximum atomic E-state index is 13.2. The highest BCUT2D eigenvalue weighted by atomic mass is 16.7. The molecule has 2 fully saturated rings. The van der Waals surface area contributed by atoms with Crippen LogP contribution < -0.4 is 5.32 Å². The summed E-state index contributed by atoms with van der Waals surface area (Å²) in [5, 5.41) is 86.9. The van der Waals surface area contributed by atoms with E-state index < -0.39 is 86.8 Å². The van der Waals surface area contributed by atoms with E-state index in [1.54, 1.807) is 6.08 Å². The van der Waals surface area contributed by atoms with Crippen LogP contribution in [0.4, 0.5) is 0 Å². The number of amides is 1. The molecule has 0 aromatic carbocycles. The highest BCUT2D eigenvalue weighted by molar-refractivity contribution is 5.76. The van der Waals surface area contributed by atoms with Gasteiger partial charge in [-0.3, -0.25) is 4.79 Å². The Morgan fingerprint density at radius 1 is 0.529 bits per heavy atom. The van der Waals surface area contributed by atoms with Crippen LogP contribution in [0.2, 0.25) is 0 Å². The summed E-state index contributed by atoms with van der Waals surface area (Å²) in [7, 11) is 0. The molecule has 14 heteroatoms. The Labute approximate surface area is 411 Å². The summed E-state index contributed by atoms with van der Waals surface area (Å²) in [4.78, 5) is 13.2. The molecule has 1 amide bonds. The molecule has 12 unspecified atom stereocenters. The number of hydrogen-bond donors (Lipinski definition) is 9. The Hall–Kier alpha value is -1.79. The molecule has 0 aromatic rings. The normalized spacial score (nSPS) is 26.6. The second-order valence-corrected chi connectivity index (χ2v) is 19.4. The summed E-state index contributed by atoms with van der Waals surface area (Å²) >= 11 is 0. The highest BCUT2D eigenvalue weighted by Gasteiger charge is 2.51. The fraction of sp³-hybridized carbons (Fsp3) is 0.870. The summed E-state index contributed by atoms with van der Waals surface area (Å²) in [6.45, 7) is 2.76. The molecule has 2 aliphatic heterocycles. The zero-order valence-corrected chi connectivity index (χ0v) is 42.3. The van der Waals surface area contributed by atoms with Crippen molar-refractivity contribution < 1.29 is 64.6 Å². The van der Waals surface area contributed by atoms with E-state index in [1.807, 2.05) is 6.08 Å². The van der Waals surface area contributed by atoms with Crippen molar-refractivity contribution in [3.05, 3.63) is 36.5 Å². The highest BCUT2D eigenvalue weighted by Crippen LogP contribution is 2.30. The lowest BCUT2D eigenvalue weighted by atomic mass is 9.97. The quantitative estimate of drug-likeness (QED) is 0.0210. The molecule has 2 saturated heterocycles. The maximum absolute atomic E-state index is 13.2. The third-order valence-electron chi connectivity index (χ3n) is 13.3. The van der Waals surface area contributed by atoms with Gasteiger partial charge in [0.15, 0.2) is 12.6 Å². The lowest BCUT2D eigenvalue weighted by Gasteiger charge is -2.46. The number of rotatable bonds is 42. The fourth-order valence-corrected chi connectivity index (χ4v) is 8.85. The lowest BCUT2D eigenvalue weighted by molar-refractivity contribution is -0.359. The van der Waals surface area contributed by atoms with Crippen molar-refractivity contribution in [1.29, 1.82) is 0 Å². The van der Waals surface area contributed by atoms with Gasteiger partial charge in [0.1, 0.15) is 48.8 Å². The van der Waals surface area contributed by atoms with Crippen LogP contribution in [0, 0.1) is 0 Å². The molecule has 14 nitrogen and oxygen atoms in total. The standard InChI is InChI=1S/C54H99NO13/c1-3-5-7-9-11-13-15-17-19-20-21-22-24-25-27-29-31-33-35-37-43(58)42(55-46(59)38-36-34-32-30-28-26-23-18-16-14-12-10-8-6-4-2)41-65-53-51(64)49(62)52(45(40-57)67-53)68-54-50(63)48(61)47(60)44(39-56)66-54/h12,14,18,23,35,37,42-45,47-54,56-58,60-64H,3-11,13,15-17,19-22,24-34,36,38-41H2,1-2H3,(H,55,59)/b14-12-,23-18-,37-35+. The smallest absolute Gasteiger partial charge is 0.220 e. The minimum absolute atomic E-state index is 0.253. The van der Waals surface area contributed by atoms with E-state index in [4.69, 9.17) is 18.9 Å². The van der Waals surface area contributed by atoms with Crippen LogP contribution in [0.1, 0.15) is 206 Å². The molecule has 9 N–H and O–H groups in total. The SMILES string of the molecule is CCCCC/C=C\C/C=C\CCCCCCCC(=O)NC(COC1OC(CO)C(OC2OC(CO)C(O)C(O)C2O)C(O)C1O)C(O)/C=C/CCCCCCCCCCCCCCCCCCC. The van der Waals surface area contributed by atoms with Gasteiger partial charge < -0.3 is 65.1 Å². The maximum Gasteiger partial charge on any atom is 0.220 e. The lowest BCUT2D eigenvalue weighted by Crippen LogP contribution is -2.65. The van der Waals surface area contributed by atoms with E-state index in [9.17, 15) is 45.6 Å². The third-order valence-corrected chi connectivity index (χ3v) is 13.3. The van der Waals surface area contributed by atoms with Gasteiger partial charge in [-0.1, -0.05) is 185 Å². The van der Waals surface area contributed by atoms with Crippen LogP contribution in [0.3, 0.4) is 0 Å². The van der Waals surface area contributed by atoms with Gasteiger partial charge in [0.05, 0.1) is 32.0 Å². The molecule has 2 heterocycles. The van der Waals surface area contributed by atoms with Crippen molar-refractivity contribution >= 4 is 5.91 Å². The number of unbranched alkanes of at least 4 members (excludes halogenated alkanes) is 25. The zero-order chi connectivity index (χ0) is 49.6. The van der Waals surface area contributed by atoms with E-state index >= 15 is 0 Å². The number of ether oxygens (including phenoxy) is 4. The number of hydrogen-bond acceptors (Lipinski definition) is 13. The van der Waals surface area contributed by atoms with Crippen LogP contribution in [0.25, 0.3) is 0 Å². The van der Waals surface area contributed by atoms with Gasteiger partial charge in [-0.15, -0.1) is 0 Å². The van der Waals surface area contributed by atoms with Crippen molar-refractivity contribution in [2.24, 2.45) is 0 Å². The summed E-state index contributed by atoms with van der Waals surface area (Å²) < 4.78 is 22.7. The minimum atomic E-state index is -1.79. The molecule has 12 atom stereocenters. The van der Waals surface area contributed by atoms with Gasteiger partial charge >= 0.3 is 0 Å². The Morgan fingerprint density at radius 3 is 1.50 bits per heavy atom. The molecule has 0 aromatic heterocycles. The second kappa shape index (κ2) is 40.8. The van der Waals surface area contributed by atoms with Crippen LogP contribution in [0.5, 0.6) is 0 Å². The van der Waals surface area contributed by atoms with E-state index in [2.05, 4.69) is 43.5 Å². The van der Waals surface area contributed by atoms with Crippen LogP contribution >= 0.6 is 0 Å². The Balaban J connectivity index is 1.83. The molecule has 398 valence electrons. The van der Waals surface area contributed by atoms with Gasteiger partial charge in [0.2, 0.25) is 5.91 Å². The molecule has 0 bridgehead atoms. The molecule has 0 radical (unpaired) electrons. The summed E-state index contributed by atoms with van der Waals surface area (Å²) in [5.74, 6) is -0.253. The minimum Gasteiger partial charge on any atom is -0.394 e. The number of carbonyl (C=O) groups is 1. The third kappa shape index (κ3) is 27.1. The van der Waals surface area contributed by atoms with Crippen molar-refractivity contribution in [2.75, 3.05) is 19.8 Å². The van der Waals surface area contributed by atoms with Crippen molar-refractivity contribution in [3.63, 3.8) is 0 Å². The molecule has 2 rings (SSSR count). The summed E-state index contributed by atoms with van der Waals surface area (Å²) in [6.07, 6.45) is 30.3. The molecular weight excluding hydrogens is 871 g/mol. The number of allylic oxidation sites excluding steroid dienone is 5. The molecule has 68 heavy (non-hydrogen) atoms. The molecule has 0 saturated carbocycles. The number of carbonyl (C=O) groups excluding carboxylic acids is 1. The molecular formula is C54H99NO13. The Kier molecular flexibility index (Phi) is 37.4. The van der Waals surface area contributed by atoms with Crippen LogP contribution in [0.15, 0.2) is 36.5 Å². The van der Waals surface area contributed by atoms with E-state index in [-0.39, 0.29) is 18.9 Å². The average molecular weight is 970 g/mol. The monoisotopic (exact) mass is 970 g/mol. The summed E-state index contributed by atoms with van der Waals surface area (Å²) in [5.41, 5.74) is 0. The summed E-state index contributed by atoms with van der Waals surface area (Å²) in [6, 6.07) is -0.920. The van der Waals surface area contributed by atoms with Crippen molar-refractivity contribution in [3.8, 4) is 0 Å². The van der Waals surface area contributed by atoms with Gasteiger partial charge in [-0.2, -0.15) is 0 Å². The van der Waals surface area contributed by atoms with Gasteiger partial charge in [-0.05, 0) is 51.4 Å². The van der Waals surface area contributed by atoms with Gasteiger partial charge in [0.25, 0.3) is 0 Å². The van der Waals surface area contributed by atoms with Gasteiger partial charge in [-0.25, -0.2) is 0 Å². The van der Waals surface area contributed by atoms with Crippen molar-refractivity contribution in [1.82, 2.24) is 5.32 Å². The topological polar surface area (TPSA) is 228 Å². The first-order chi connectivity index (χ1) is 33.1. The van der Waals surface area contributed by atoms with Crippen molar-refractivity contribution in [2.45, 2.75) is 280 Å². The first-order valence-corrected chi connectivity index (χ1v) is 27.2. The molecule has 2 aliphatic rings. The predicted molar refractivity (Wildman–Crippen MR) is 268 cm³/mol. The zero-order valence-electron chi connectivity index (χ0n) is 42.3. The largest absolute Gasteiger partial charge is 0.394 e. The Bertz CT molecular complexity index is 1280. The fourth-order valence-electron chi connectivity index (χ4n) is 8.85. The molecule has 0 spiro atoms.